The Labute approximate surface area is 115 Å². The normalized spacial score (nSPS) is 23.9. The molecule has 1 aliphatic heterocycles. The third-order valence-electron chi connectivity index (χ3n) is 3.21. The van der Waals surface area contributed by atoms with E-state index < -0.39 is 32.3 Å². The minimum Gasteiger partial charge on any atom is -0.478 e. The van der Waals surface area contributed by atoms with Crippen molar-refractivity contribution < 1.29 is 27.8 Å². The van der Waals surface area contributed by atoms with E-state index in [-0.39, 0.29) is 25.1 Å². The van der Waals surface area contributed by atoms with Crippen molar-refractivity contribution in [3.8, 4) is 0 Å². The van der Waals surface area contributed by atoms with E-state index in [1.54, 1.807) is 0 Å². The maximum absolute atomic E-state index is 13.7. The van der Waals surface area contributed by atoms with Gasteiger partial charge in [0.25, 0.3) is 0 Å². The highest BCUT2D eigenvalue weighted by molar-refractivity contribution is 7.89. The minimum atomic E-state index is -4.16. The van der Waals surface area contributed by atoms with Crippen LogP contribution in [0.3, 0.4) is 0 Å². The van der Waals surface area contributed by atoms with Crippen LogP contribution in [0.4, 0.5) is 4.39 Å². The number of carboxylic acids is 1. The molecule has 0 aromatic heterocycles. The monoisotopic (exact) mass is 303 g/mol. The van der Waals surface area contributed by atoms with Gasteiger partial charge in [-0.15, -0.1) is 0 Å². The number of carbonyl (C=O) groups is 1. The van der Waals surface area contributed by atoms with E-state index in [2.05, 4.69) is 0 Å². The first-order chi connectivity index (χ1) is 9.13. The molecule has 0 saturated carbocycles. The topological polar surface area (TPSA) is 94.9 Å². The van der Waals surface area contributed by atoms with Gasteiger partial charge in [0, 0.05) is 13.1 Å². The SMILES string of the molecule is CC1(O)CCN(S(=O)(=O)c2cc(C(=O)O)ccc2F)C1. The van der Waals surface area contributed by atoms with Gasteiger partial charge < -0.3 is 10.2 Å². The molecule has 1 aliphatic rings. The summed E-state index contributed by atoms with van der Waals surface area (Å²) in [5.41, 5.74) is -1.47. The van der Waals surface area contributed by atoms with Crippen LogP contribution in [0.2, 0.25) is 0 Å². The molecule has 0 amide bonds. The molecular formula is C12H14FNO5S. The second-order valence-electron chi connectivity index (χ2n) is 5.04. The summed E-state index contributed by atoms with van der Waals surface area (Å²) < 4.78 is 39.3. The van der Waals surface area contributed by atoms with Crippen molar-refractivity contribution >= 4 is 16.0 Å². The Morgan fingerprint density at radius 3 is 2.60 bits per heavy atom. The third-order valence-corrected chi connectivity index (χ3v) is 5.07. The van der Waals surface area contributed by atoms with Crippen molar-refractivity contribution in [2.75, 3.05) is 13.1 Å². The maximum atomic E-state index is 13.7. The van der Waals surface area contributed by atoms with Gasteiger partial charge in [0.15, 0.2) is 0 Å². The van der Waals surface area contributed by atoms with Gasteiger partial charge in [-0.05, 0) is 31.5 Å². The van der Waals surface area contributed by atoms with E-state index in [1.165, 1.54) is 6.92 Å². The number of β-amino-alcohol motifs (C(OH)–C–C–N with tert-alkyl or cyclic N) is 1. The van der Waals surface area contributed by atoms with Gasteiger partial charge in [-0.1, -0.05) is 0 Å². The molecule has 1 unspecified atom stereocenters. The Bertz CT molecular complexity index is 656. The minimum absolute atomic E-state index is 0.0616. The van der Waals surface area contributed by atoms with Crippen molar-refractivity contribution in [2.24, 2.45) is 0 Å². The van der Waals surface area contributed by atoms with E-state index >= 15 is 0 Å². The lowest BCUT2D eigenvalue weighted by Crippen LogP contribution is -2.34. The summed E-state index contributed by atoms with van der Waals surface area (Å²) in [5.74, 6) is -2.35. The molecule has 1 fully saturated rings. The second-order valence-corrected chi connectivity index (χ2v) is 6.94. The summed E-state index contributed by atoms with van der Waals surface area (Å²) in [6.07, 6.45) is 0.243. The van der Waals surface area contributed by atoms with Crippen molar-refractivity contribution in [1.82, 2.24) is 4.31 Å². The predicted octanol–water partition coefficient (Wildman–Crippen LogP) is 0.669. The van der Waals surface area contributed by atoms with Crippen molar-refractivity contribution in [3.05, 3.63) is 29.6 Å². The Morgan fingerprint density at radius 1 is 1.45 bits per heavy atom. The number of rotatable bonds is 3. The fraction of sp³-hybridized carbons (Fsp3) is 0.417. The average Bonchev–Trinajstić information content (AvgIpc) is 2.70. The zero-order valence-corrected chi connectivity index (χ0v) is 11.5. The number of hydrogen-bond donors (Lipinski definition) is 2. The summed E-state index contributed by atoms with van der Waals surface area (Å²) in [6, 6.07) is 2.60. The molecule has 1 heterocycles. The van der Waals surface area contributed by atoms with Crippen LogP contribution in [0.15, 0.2) is 23.1 Å². The van der Waals surface area contributed by atoms with Crippen LogP contribution in [-0.4, -0.2) is 47.6 Å². The van der Waals surface area contributed by atoms with Gasteiger partial charge in [-0.25, -0.2) is 17.6 Å². The second kappa shape index (κ2) is 4.80. The third kappa shape index (κ3) is 2.67. The number of aromatic carboxylic acids is 1. The van der Waals surface area contributed by atoms with E-state index in [9.17, 15) is 22.7 Å². The first-order valence-electron chi connectivity index (χ1n) is 5.89. The van der Waals surface area contributed by atoms with Gasteiger partial charge in [0.2, 0.25) is 10.0 Å². The average molecular weight is 303 g/mol. The number of hydrogen-bond acceptors (Lipinski definition) is 4. The molecule has 0 bridgehead atoms. The molecular weight excluding hydrogens is 289 g/mol. The van der Waals surface area contributed by atoms with Crippen LogP contribution in [-0.2, 0) is 10.0 Å². The van der Waals surface area contributed by atoms with E-state index in [0.717, 1.165) is 22.5 Å². The summed E-state index contributed by atoms with van der Waals surface area (Å²) >= 11 is 0. The summed E-state index contributed by atoms with van der Waals surface area (Å²) in [5, 5.41) is 18.6. The van der Waals surface area contributed by atoms with Crippen LogP contribution in [0, 0.1) is 5.82 Å². The van der Waals surface area contributed by atoms with Crippen molar-refractivity contribution in [2.45, 2.75) is 23.8 Å². The Hall–Kier alpha value is -1.51. The number of carboxylic acid groups (broad SMARTS) is 1. The zero-order chi connectivity index (χ0) is 15.1. The molecule has 1 aromatic carbocycles. The van der Waals surface area contributed by atoms with Crippen LogP contribution in [0.5, 0.6) is 0 Å². The maximum Gasteiger partial charge on any atom is 0.335 e. The van der Waals surface area contributed by atoms with E-state index in [4.69, 9.17) is 5.11 Å². The van der Waals surface area contributed by atoms with Crippen molar-refractivity contribution in [1.29, 1.82) is 0 Å². The molecule has 1 aromatic rings. The summed E-state index contributed by atoms with van der Waals surface area (Å²) in [4.78, 5) is 10.2. The highest BCUT2D eigenvalue weighted by atomic mass is 32.2. The molecule has 6 nitrogen and oxygen atoms in total. The van der Waals surface area contributed by atoms with Gasteiger partial charge in [-0.2, -0.15) is 4.31 Å². The first kappa shape index (κ1) is 14.9. The quantitative estimate of drug-likeness (QED) is 0.856. The van der Waals surface area contributed by atoms with Crippen LogP contribution in [0.1, 0.15) is 23.7 Å². The van der Waals surface area contributed by atoms with Gasteiger partial charge in [0.05, 0.1) is 11.2 Å². The lowest BCUT2D eigenvalue weighted by molar-refractivity contribution is 0.0695. The Balaban J connectivity index is 2.45. The highest BCUT2D eigenvalue weighted by Crippen LogP contribution is 2.28. The first-order valence-corrected chi connectivity index (χ1v) is 7.33. The molecule has 0 aliphatic carbocycles. The number of nitrogens with zero attached hydrogens (tertiary/aromatic N) is 1. The molecule has 8 heteroatoms. The predicted molar refractivity (Wildman–Crippen MR) is 67.4 cm³/mol. The van der Waals surface area contributed by atoms with E-state index in [0.29, 0.717) is 0 Å². The smallest absolute Gasteiger partial charge is 0.335 e. The van der Waals surface area contributed by atoms with Crippen molar-refractivity contribution in [3.63, 3.8) is 0 Å². The van der Waals surface area contributed by atoms with Gasteiger partial charge >= 0.3 is 5.97 Å². The highest BCUT2D eigenvalue weighted by Gasteiger charge is 2.39. The zero-order valence-electron chi connectivity index (χ0n) is 10.7. The lowest BCUT2D eigenvalue weighted by atomic mass is 10.1. The van der Waals surface area contributed by atoms with E-state index in [1.807, 2.05) is 0 Å². The Kier molecular flexibility index (Phi) is 3.57. The summed E-state index contributed by atoms with van der Waals surface area (Å²) in [7, 11) is -4.16. The van der Waals surface area contributed by atoms with Crippen LogP contribution >= 0.6 is 0 Å². The molecule has 0 radical (unpaired) electrons. The van der Waals surface area contributed by atoms with Crippen LogP contribution < -0.4 is 0 Å². The van der Waals surface area contributed by atoms with Gasteiger partial charge in [-0.3, -0.25) is 0 Å². The molecule has 0 spiro atoms. The standard InChI is InChI=1S/C12H14FNO5S/c1-12(17)4-5-14(7-12)20(18,19)10-6-8(11(15)16)2-3-9(10)13/h2-3,6,17H,4-5,7H2,1H3,(H,15,16). The molecule has 110 valence electrons. The van der Waals surface area contributed by atoms with Gasteiger partial charge in [0.1, 0.15) is 10.7 Å². The number of halogens is 1. The Morgan fingerprint density at radius 2 is 2.10 bits per heavy atom. The summed E-state index contributed by atoms with van der Waals surface area (Å²) in [6.45, 7) is 1.41. The number of sulfonamides is 1. The lowest BCUT2D eigenvalue weighted by Gasteiger charge is -2.19. The molecule has 2 rings (SSSR count). The largest absolute Gasteiger partial charge is 0.478 e. The van der Waals surface area contributed by atoms with Crippen LogP contribution in [0.25, 0.3) is 0 Å². The molecule has 1 atom stereocenters. The fourth-order valence-electron chi connectivity index (χ4n) is 2.08. The fourth-order valence-corrected chi connectivity index (χ4v) is 3.73. The number of aliphatic hydroxyl groups is 1. The molecule has 2 N–H and O–H groups in total. The molecule has 20 heavy (non-hydrogen) atoms. The number of benzene rings is 1. The molecule has 1 saturated heterocycles.